The molecule has 0 radical (unpaired) electrons. The summed E-state index contributed by atoms with van der Waals surface area (Å²) in [6, 6.07) is 24.8. The van der Waals surface area contributed by atoms with E-state index in [0.29, 0.717) is 12.1 Å². The highest BCUT2D eigenvalue weighted by atomic mass is 127. The van der Waals surface area contributed by atoms with Gasteiger partial charge in [0.05, 0.1) is 11.9 Å². The minimum Gasteiger partial charge on any atom is -0.357 e. The van der Waals surface area contributed by atoms with Gasteiger partial charge in [-0.3, -0.25) is 13.9 Å². The van der Waals surface area contributed by atoms with E-state index in [1.54, 1.807) is 24.3 Å². The highest BCUT2D eigenvalue weighted by Crippen LogP contribution is 2.21. The molecule has 9 heteroatoms. The van der Waals surface area contributed by atoms with Crippen LogP contribution in [0.15, 0.2) is 84.9 Å². The van der Waals surface area contributed by atoms with E-state index in [1.807, 2.05) is 60.7 Å². The monoisotopic (exact) mass is 605 g/mol. The van der Waals surface area contributed by atoms with Gasteiger partial charge in [-0.15, -0.1) is 0 Å². The molecule has 0 spiro atoms. The molecule has 0 saturated carbocycles. The van der Waals surface area contributed by atoms with Crippen LogP contribution in [0.2, 0.25) is 0 Å². The largest absolute Gasteiger partial charge is 0.357 e. The van der Waals surface area contributed by atoms with Crippen LogP contribution in [0, 0.1) is 3.57 Å². The predicted octanol–water partition coefficient (Wildman–Crippen LogP) is 3.44. The Morgan fingerprint density at radius 2 is 1.43 bits per heavy atom. The topological polar surface area (TPSA) is 86.8 Å². The fourth-order valence-electron chi connectivity index (χ4n) is 3.72. The zero-order chi connectivity index (χ0) is 25.4. The van der Waals surface area contributed by atoms with Gasteiger partial charge in [-0.25, -0.2) is 8.42 Å². The van der Waals surface area contributed by atoms with Gasteiger partial charge in [-0.05, 0) is 58.0 Å². The van der Waals surface area contributed by atoms with Crippen LogP contribution < -0.4 is 9.62 Å². The highest BCUT2D eigenvalue weighted by molar-refractivity contribution is 14.1. The van der Waals surface area contributed by atoms with Crippen molar-refractivity contribution in [3.8, 4) is 0 Å². The van der Waals surface area contributed by atoms with Gasteiger partial charge < -0.3 is 10.2 Å². The smallest absolute Gasteiger partial charge is 0.244 e. The first-order valence-electron chi connectivity index (χ1n) is 11.0. The third-order valence-corrected chi connectivity index (χ3v) is 7.37. The van der Waals surface area contributed by atoms with Gasteiger partial charge in [-0.1, -0.05) is 60.7 Å². The Morgan fingerprint density at radius 3 is 1.94 bits per heavy atom. The van der Waals surface area contributed by atoms with Gasteiger partial charge >= 0.3 is 0 Å². The van der Waals surface area contributed by atoms with Crippen molar-refractivity contribution in [2.75, 3.05) is 24.2 Å². The van der Waals surface area contributed by atoms with Crippen LogP contribution in [0.3, 0.4) is 0 Å². The number of anilines is 1. The van der Waals surface area contributed by atoms with Crippen molar-refractivity contribution in [2.24, 2.45) is 0 Å². The zero-order valence-corrected chi connectivity index (χ0v) is 22.6. The van der Waals surface area contributed by atoms with Crippen LogP contribution in [0.4, 0.5) is 5.69 Å². The molecule has 0 aliphatic rings. The summed E-state index contributed by atoms with van der Waals surface area (Å²) in [5, 5.41) is 2.66. The molecule has 3 aromatic rings. The minimum absolute atomic E-state index is 0.162. The summed E-state index contributed by atoms with van der Waals surface area (Å²) in [6.45, 7) is -0.260. The number of benzene rings is 3. The van der Waals surface area contributed by atoms with Gasteiger partial charge in [0, 0.05) is 23.6 Å². The molecular formula is C26H28IN3O4S. The summed E-state index contributed by atoms with van der Waals surface area (Å²) >= 11 is 2.13. The Hall–Kier alpha value is -2.92. The number of amides is 2. The van der Waals surface area contributed by atoms with Crippen LogP contribution in [-0.2, 0) is 32.6 Å². The van der Waals surface area contributed by atoms with Crippen LogP contribution in [0.1, 0.15) is 11.1 Å². The summed E-state index contributed by atoms with van der Waals surface area (Å²) < 4.78 is 27.3. The van der Waals surface area contributed by atoms with Gasteiger partial charge in [0.2, 0.25) is 21.8 Å². The number of halogens is 1. The maximum absolute atomic E-state index is 13.7. The number of sulfonamides is 1. The highest BCUT2D eigenvalue weighted by Gasteiger charge is 2.32. The number of nitrogens with zero attached hydrogens (tertiary/aromatic N) is 2. The van der Waals surface area contributed by atoms with Crippen LogP contribution in [0.5, 0.6) is 0 Å². The molecule has 1 atom stereocenters. The Labute approximate surface area is 220 Å². The molecule has 0 unspecified atom stereocenters. The zero-order valence-electron chi connectivity index (χ0n) is 19.6. The van der Waals surface area contributed by atoms with Gasteiger partial charge in [0.15, 0.2) is 0 Å². The Morgan fingerprint density at radius 1 is 0.886 bits per heavy atom. The number of carbonyl (C=O) groups is 2. The lowest BCUT2D eigenvalue weighted by molar-refractivity contribution is -0.139. The van der Waals surface area contributed by atoms with Crippen LogP contribution in [0.25, 0.3) is 0 Å². The van der Waals surface area contributed by atoms with Crippen molar-refractivity contribution in [3.05, 3.63) is 99.6 Å². The minimum atomic E-state index is -3.76. The van der Waals surface area contributed by atoms with Gasteiger partial charge in [-0.2, -0.15) is 0 Å². The molecule has 0 heterocycles. The number of hydrogen-bond donors (Lipinski definition) is 1. The molecule has 2 amide bonds. The SMILES string of the molecule is CNC(=O)[C@@H](Cc1ccccc1)N(Cc1ccccc1)C(=O)CN(c1ccc(I)cc1)S(C)(=O)=O. The van der Waals surface area contributed by atoms with E-state index in [-0.39, 0.29) is 12.5 Å². The van der Waals surface area contributed by atoms with E-state index in [0.717, 1.165) is 25.3 Å². The van der Waals surface area contributed by atoms with Crippen LogP contribution in [-0.4, -0.2) is 51.0 Å². The van der Waals surface area contributed by atoms with Crippen molar-refractivity contribution in [1.82, 2.24) is 10.2 Å². The summed E-state index contributed by atoms with van der Waals surface area (Å²) in [5.41, 5.74) is 2.12. The molecular weight excluding hydrogens is 577 g/mol. The molecule has 7 nitrogen and oxygen atoms in total. The van der Waals surface area contributed by atoms with Gasteiger partial charge in [0.1, 0.15) is 12.6 Å². The molecule has 0 fully saturated rings. The Kier molecular flexibility index (Phi) is 9.27. The number of nitrogens with one attached hydrogen (secondary N) is 1. The maximum atomic E-state index is 13.7. The quantitative estimate of drug-likeness (QED) is 0.359. The number of carbonyl (C=O) groups excluding carboxylic acids is 2. The summed E-state index contributed by atoms with van der Waals surface area (Å²) in [7, 11) is -2.23. The number of hydrogen-bond acceptors (Lipinski definition) is 4. The molecule has 0 saturated heterocycles. The van der Waals surface area contributed by atoms with Crippen LogP contribution >= 0.6 is 22.6 Å². The second-order valence-electron chi connectivity index (χ2n) is 8.07. The van der Waals surface area contributed by atoms with E-state index < -0.39 is 28.5 Å². The first-order valence-corrected chi connectivity index (χ1v) is 13.9. The summed E-state index contributed by atoms with van der Waals surface area (Å²) in [4.78, 5) is 28.2. The van der Waals surface area contributed by atoms with E-state index in [2.05, 4.69) is 27.9 Å². The second kappa shape index (κ2) is 12.2. The van der Waals surface area contributed by atoms with Crippen molar-refractivity contribution >= 4 is 50.1 Å². The summed E-state index contributed by atoms with van der Waals surface area (Å²) in [5.74, 6) is -0.791. The van der Waals surface area contributed by atoms with Gasteiger partial charge in [0.25, 0.3) is 0 Å². The van der Waals surface area contributed by atoms with E-state index in [9.17, 15) is 18.0 Å². The number of likely N-dealkylation sites (N-methyl/N-ethyl adjacent to an activating group) is 1. The Bertz CT molecular complexity index is 1240. The lowest BCUT2D eigenvalue weighted by Crippen LogP contribution is -2.52. The third kappa shape index (κ3) is 7.53. The fourth-order valence-corrected chi connectivity index (χ4v) is 4.93. The normalized spacial score (nSPS) is 12.0. The molecule has 184 valence electrons. The van der Waals surface area contributed by atoms with E-state index in [1.165, 1.54) is 11.9 Å². The van der Waals surface area contributed by atoms with Crippen molar-refractivity contribution in [3.63, 3.8) is 0 Å². The lowest BCUT2D eigenvalue weighted by atomic mass is 10.0. The second-order valence-corrected chi connectivity index (χ2v) is 11.2. The molecule has 35 heavy (non-hydrogen) atoms. The molecule has 0 bridgehead atoms. The average Bonchev–Trinajstić information content (AvgIpc) is 2.85. The third-order valence-electron chi connectivity index (χ3n) is 5.51. The fraction of sp³-hybridized carbons (Fsp3) is 0.231. The molecule has 3 aromatic carbocycles. The molecule has 0 aliphatic carbocycles. The van der Waals surface area contributed by atoms with E-state index >= 15 is 0 Å². The van der Waals surface area contributed by atoms with E-state index in [4.69, 9.17) is 0 Å². The average molecular weight is 605 g/mol. The molecule has 0 aliphatic heterocycles. The Balaban J connectivity index is 1.99. The standard InChI is InChI=1S/C26H28IN3O4S/c1-28-26(32)24(17-20-9-5-3-6-10-20)29(18-21-11-7-4-8-12-21)25(31)19-30(35(2,33)34)23-15-13-22(27)14-16-23/h3-16,24H,17-19H2,1-2H3,(H,28,32)/t24-/m1/s1. The number of rotatable bonds is 10. The molecule has 0 aromatic heterocycles. The first-order chi connectivity index (χ1) is 16.7. The molecule has 1 N–H and O–H groups in total. The summed E-state index contributed by atoms with van der Waals surface area (Å²) in [6.07, 6.45) is 1.36. The maximum Gasteiger partial charge on any atom is 0.244 e. The first kappa shape index (κ1) is 26.7. The van der Waals surface area contributed by atoms with Crippen molar-refractivity contribution in [2.45, 2.75) is 19.0 Å². The lowest BCUT2D eigenvalue weighted by Gasteiger charge is -2.33. The predicted molar refractivity (Wildman–Crippen MR) is 146 cm³/mol. The molecule has 3 rings (SSSR count). The van der Waals surface area contributed by atoms with Crippen molar-refractivity contribution < 1.29 is 18.0 Å². The van der Waals surface area contributed by atoms with Crippen molar-refractivity contribution in [1.29, 1.82) is 0 Å².